The van der Waals surface area contributed by atoms with E-state index in [1.807, 2.05) is 0 Å². The molecule has 1 aliphatic rings. The number of oxime groups is 1. The first-order chi connectivity index (χ1) is 5.83. The van der Waals surface area contributed by atoms with Crippen molar-refractivity contribution in [2.45, 2.75) is 6.42 Å². The van der Waals surface area contributed by atoms with Crippen molar-refractivity contribution in [1.29, 1.82) is 0 Å². The van der Waals surface area contributed by atoms with Crippen LogP contribution in [-0.4, -0.2) is 21.7 Å². The average molecular weight is 162 g/mol. The Morgan fingerprint density at radius 1 is 1.58 bits per heavy atom. The van der Waals surface area contributed by atoms with Gasteiger partial charge < -0.3 is 5.21 Å². The highest BCUT2D eigenvalue weighted by molar-refractivity contribution is 6.48. The molecule has 0 atom stereocenters. The van der Waals surface area contributed by atoms with Gasteiger partial charge in [-0.1, -0.05) is 11.2 Å². The van der Waals surface area contributed by atoms with Gasteiger partial charge in [0.05, 0.1) is 0 Å². The molecule has 0 unspecified atom stereocenters. The molecule has 1 heterocycles. The van der Waals surface area contributed by atoms with E-state index in [2.05, 4.69) is 10.1 Å². The van der Waals surface area contributed by atoms with Crippen LogP contribution in [0.15, 0.2) is 23.5 Å². The highest BCUT2D eigenvalue weighted by Crippen LogP contribution is 2.16. The van der Waals surface area contributed by atoms with Crippen molar-refractivity contribution >= 4 is 11.5 Å². The highest BCUT2D eigenvalue weighted by atomic mass is 16.4. The van der Waals surface area contributed by atoms with Gasteiger partial charge in [-0.25, -0.2) is 0 Å². The molecule has 0 aromatic carbocycles. The lowest BCUT2D eigenvalue weighted by Gasteiger charge is -1.90. The molecule has 4 nitrogen and oxygen atoms in total. The summed E-state index contributed by atoms with van der Waals surface area (Å²) in [6, 6.07) is 3.56. The van der Waals surface area contributed by atoms with Gasteiger partial charge in [-0.15, -0.1) is 0 Å². The molecule has 0 saturated heterocycles. The van der Waals surface area contributed by atoms with Crippen LogP contribution in [0.1, 0.15) is 16.1 Å². The summed E-state index contributed by atoms with van der Waals surface area (Å²) in [5, 5.41) is 11.4. The smallest absolute Gasteiger partial charge is 0.229 e. The Morgan fingerprint density at radius 2 is 2.42 bits per heavy atom. The monoisotopic (exact) mass is 162 g/mol. The topological polar surface area (TPSA) is 62.5 Å². The summed E-state index contributed by atoms with van der Waals surface area (Å²) in [6.45, 7) is 0. The summed E-state index contributed by atoms with van der Waals surface area (Å²) >= 11 is 0. The SMILES string of the molecule is O=C1C(=NO)Cc2cccnc21. The van der Waals surface area contributed by atoms with Crippen LogP contribution in [0.2, 0.25) is 0 Å². The molecule has 0 amide bonds. The number of fused-ring (bicyclic) bond motifs is 1. The van der Waals surface area contributed by atoms with E-state index in [0.717, 1.165) is 5.56 Å². The molecule has 4 heteroatoms. The third-order valence-electron chi connectivity index (χ3n) is 1.85. The second-order valence-corrected chi connectivity index (χ2v) is 2.56. The molecule has 60 valence electrons. The van der Waals surface area contributed by atoms with E-state index in [1.54, 1.807) is 18.3 Å². The third-order valence-corrected chi connectivity index (χ3v) is 1.85. The van der Waals surface area contributed by atoms with Crippen molar-refractivity contribution in [1.82, 2.24) is 4.98 Å². The number of carbonyl (C=O) groups is 1. The first-order valence-corrected chi connectivity index (χ1v) is 3.52. The number of ketones is 1. The Labute approximate surface area is 68.5 Å². The first kappa shape index (κ1) is 6.97. The fraction of sp³-hybridized carbons (Fsp3) is 0.125. The molecule has 1 aliphatic carbocycles. The number of rotatable bonds is 0. The van der Waals surface area contributed by atoms with E-state index in [4.69, 9.17) is 5.21 Å². The van der Waals surface area contributed by atoms with Gasteiger partial charge in [-0.05, 0) is 11.6 Å². The van der Waals surface area contributed by atoms with Crippen molar-refractivity contribution < 1.29 is 10.0 Å². The van der Waals surface area contributed by atoms with Crippen LogP contribution in [0.3, 0.4) is 0 Å². The Morgan fingerprint density at radius 3 is 3.08 bits per heavy atom. The normalized spacial score (nSPS) is 18.3. The predicted octanol–water partition coefficient (Wildman–Crippen LogP) is 0.651. The van der Waals surface area contributed by atoms with Gasteiger partial charge in [0, 0.05) is 12.6 Å². The van der Waals surface area contributed by atoms with Gasteiger partial charge in [0.2, 0.25) is 5.78 Å². The van der Waals surface area contributed by atoms with Crippen molar-refractivity contribution in [3.63, 3.8) is 0 Å². The van der Waals surface area contributed by atoms with Crippen LogP contribution in [0.5, 0.6) is 0 Å². The van der Waals surface area contributed by atoms with E-state index < -0.39 is 0 Å². The summed E-state index contributed by atoms with van der Waals surface area (Å²) in [6.07, 6.45) is 1.94. The molecule has 0 fully saturated rings. The number of pyridine rings is 1. The van der Waals surface area contributed by atoms with E-state index >= 15 is 0 Å². The quantitative estimate of drug-likeness (QED) is 0.450. The maximum absolute atomic E-state index is 11.3. The summed E-state index contributed by atoms with van der Waals surface area (Å²) in [7, 11) is 0. The van der Waals surface area contributed by atoms with Crippen LogP contribution in [0.25, 0.3) is 0 Å². The lowest BCUT2D eigenvalue weighted by Crippen LogP contribution is -2.07. The molecule has 1 N–H and O–H groups in total. The maximum Gasteiger partial charge on any atom is 0.229 e. The van der Waals surface area contributed by atoms with Crippen LogP contribution in [-0.2, 0) is 6.42 Å². The minimum Gasteiger partial charge on any atom is -0.411 e. The molecule has 0 radical (unpaired) electrons. The largest absolute Gasteiger partial charge is 0.411 e. The molecule has 0 spiro atoms. The molecule has 0 saturated carbocycles. The van der Waals surface area contributed by atoms with E-state index in [-0.39, 0.29) is 11.5 Å². The Balaban J connectivity index is 2.56. The van der Waals surface area contributed by atoms with E-state index in [0.29, 0.717) is 12.1 Å². The molecular formula is C8H6N2O2. The van der Waals surface area contributed by atoms with Gasteiger partial charge >= 0.3 is 0 Å². The Kier molecular flexibility index (Phi) is 1.40. The number of nitrogens with zero attached hydrogens (tertiary/aromatic N) is 2. The summed E-state index contributed by atoms with van der Waals surface area (Å²) in [5.74, 6) is -0.270. The number of hydrogen-bond acceptors (Lipinski definition) is 4. The number of aromatic nitrogens is 1. The highest BCUT2D eigenvalue weighted by Gasteiger charge is 2.27. The zero-order chi connectivity index (χ0) is 8.55. The van der Waals surface area contributed by atoms with E-state index in [1.165, 1.54) is 0 Å². The minimum absolute atomic E-state index is 0.170. The van der Waals surface area contributed by atoms with Crippen LogP contribution >= 0.6 is 0 Å². The van der Waals surface area contributed by atoms with Crippen molar-refractivity contribution in [2.75, 3.05) is 0 Å². The molecule has 0 bridgehead atoms. The van der Waals surface area contributed by atoms with Gasteiger partial charge in [0.25, 0.3) is 0 Å². The standard InChI is InChI=1S/C8H6N2O2/c11-8-6(10-12)4-5-2-1-3-9-7(5)8/h1-3,12H,4H2. The predicted molar refractivity (Wildman–Crippen MR) is 41.5 cm³/mol. The number of Topliss-reactive ketones (excluding diaryl/α,β-unsaturated/α-hetero) is 1. The van der Waals surface area contributed by atoms with Gasteiger partial charge in [0.15, 0.2) is 0 Å². The average Bonchev–Trinajstić information content (AvgIpc) is 2.44. The fourth-order valence-corrected chi connectivity index (χ4v) is 1.26. The molecule has 12 heavy (non-hydrogen) atoms. The van der Waals surface area contributed by atoms with Crippen molar-refractivity contribution in [2.24, 2.45) is 5.16 Å². The maximum atomic E-state index is 11.3. The fourth-order valence-electron chi connectivity index (χ4n) is 1.26. The summed E-state index contributed by atoms with van der Waals surface area (Å²) in [4.78, 5) is 15.2. The van der Waals surface area contributed by atoms with Crippen LogP contribution < -0.4 is 0 Å². The lowest BCUT2D eigenvalue weighted by atomic mass is 10.2. The zero-order valence-corrected chi connectivity index (χ0v) is 6.19. The minimum atomic E-state index is -0.270. The number of carbonyl (C=O) groups excluding carboxylic acids is 1. The second-order valence-electron chi connectivity index (χ2n) is 2.56. The van der Waals surface area contributed by atoms with Crippen molar-refractivity contribution in [3.05, 3.63) is 29.6 Å². The molecule has 1 aromatic rings. The van der Waals surface area contributed by atoms with E-state index in [9.17, 15) is 4.79 Å². The molecule has 0 aliphatic heterocycles. The zero-order valence-electron chi connectivity index (χ0n) is 6.19. The third kappa shape index (κ3) is 0.812. The molecule has 1 aromatic heterocycles. The van der Waals surface area contributed by atoms with Gasteiger partial charge in [-0.3, -0.25) is 9.78 Å². The Hall–Kier alpha value is -1.71. The van der Waals surface area contributed by atoms with Crippen molar-refractivity contribution in [3.8, 4) is 0 Å². The molecular weight excluding hydrogens is 156 g/mol. The lowest BCUT2D eigenvalue weighted by molar-refractivity contribution is 0.106. The van der Waals surface area contributed by atoms with Crippen LogP contribution in [0.4, 0.5) is 0 Å². The molecule has 2 rings (SSSR count). The first-order valence-electron chi connectivity index (χ1n) is 3.52. The van der Waals surface area contributed by atoms with Gasteiger partial charge in [0.1, 0.15) is 11.4 Å². The van der Waals surface area contributed by atoms with Gasteiger partial charge in [-0.2, -0.15) is 0 Å². The van der Waals surface area contributed by atoms with Crippen LogP contribution in [0, 0.1) is 0 Å². The second kappa shape index (κ2) is 2.41. The summed E-state index contributed by atoms with van der Waals surface area (Å²) < 4.78 is 0. The number of hydrogen-bond donors (Lipinski definition) is 1. The Bertz CT molecular complexity index is 371. The summed E-state index contributed by atoms with van der Waals surface area (Å²) in [5.41, 5.74) is 1.41.